The van der Waals surface area contributed by atoms with Crippen molar-refractivity contribution in [2.75, 3.05) is 23.0 Å². The minimum Gasteiger partial charge on any atom is -0.399 e. The maximum atomic E-state index is 12.0. The van der Waals surface area contributed by atoms with Gasteiger partial charge >= 0.3 is 0 Å². The zero-order chi connectivity index (χ0) is 18.4. The van der Waals surface area contributed by atoms with Gasteiger partial charge in [0, 0.05) is 24.2 Å². The molecule has 0 heterocycles. The van der Waals surface area contributed by atoms with Crippen molar-refractivity contribution in [2.24, 2.45) is 0 Å². The number of ketones is 2. The van der Waals surface area contributed by atoms with Crippen molar-refractivity contribution >= 4 is 33.5 Å². The van der Waals surface area contributed by atoms with E-state index < -0.39 is 22.1 Å². The second-order valence-corrected chi connectivity index (χ2v) is 8.19. The van der Waals surface area contributed by atoms with Gasteiger partial charge in [0.25, 0.3) is 0 Å². The molecule has 0 aliphatic rings. The highest BCUT2D eigenvalue weighted by Crippen LogP contribution is 2.38. The van der Waals surface area contributed by atoms with Gasteiger partial charge in [0.2, 0.25) is 0 Å². The lowest BCUT2D eigenvalue weighted by Crippen LogP contribution is -2.22. The molecular formula is C18H22N2O4S. The molecule has 0 unspecified atom stereocenters. The maximum absolute atomic E-state index is 12.0. The van der Waals surface area contributed by atoms with Crippen LogP contribution in [0.5, 0.6) is 0 Å². The van der Waals surface area contributed by atoms with Gasteiger partial charge in [-0.2, -0.15) is 10.6 Å². The van der Waals surface area contributed by atoms with Crippen LogP contribution in [0, 0.1) is 0 Å². The largest absolute Gasteiger partial charge is 0.399 e. The number of benzene rings is 2. The summed E-state index contributed by atoms with van der Waals surface area (Å²) in [5, 5.41) is 0. The smallest absolute Gasteiger partial charge is 0.156 e. The van der Waals surface area contributed by atoms with Crippen LogP contribution in [-0.2, 0) is 22.4 Å². The van der Waals surface area contributed by atoms with E-state index in [2.05, 4.69) is 0 Å². The average molecular weight is 362 g/mol. The van der Waals surface area contributed by atoms with Crippen molar-refractivity contribution in [2.45, 2.75) is 12.8 Å². The Hall–Kier alpha value is -2.35. The first-order valence-electron chi connectivity index (χ1n) is 7.69. The fourth-order valence-electron chi connectivity index (χ4n) is 2.40. The van der Waals surface area contributed by atoms with Crippen LogP contribution in [0.25, 0.3) is 0 Å². The number of nitrogen functional groups attached to an aromatic ring is 2. The van der Waals surface area contributed by atoms with Crippen molar-refractivity contribution in [3.8, 4) is 0 Å². The third-order valence-electron chi connectivity index (χ3n) is 3.55. The SMILES string of the molecule is Nc1ccc(CC(=O)CS(O)(O)CC(=O)Cc2ccc(N)cc2)cc1. The van der Waals surface area contributed by atoms with Gasteiger partial charge in [-0.3, -0.25) is 18.7 Å². The highest BCUT2D eigenvalue weighted by atomic mass is 32.3. The number of Topliss-reactive ketones (excluding diaryl/α,β-unsaturated/α-hetero) is 2. The number of hydrogen-bond acceptors (Lipinski definition) is 6. The van der Waals surface area contributed by atoms with Crippen molar-refractivity contribution in [3.63, 3.8) is 0 Å². The van der Waals surface area contributed by atoms with Crippen LogP contribution < -0.4 is 11.5 Å². The molecule has 0 bridgehead atoms. The summed E-state index contributed by atoms with van der Waals surface area (Å²) >= 11 is 0. The summed E-state index contributed by atoms with van der Waals surface area (Å²) in [6, 6.07) is 13.6. The second kappa shape index (κ2) is 8.15. The number of anilines is 2. The van der Waals surface area contributed by atoms with Gasteiger partial charge in [0.15, 0.2) is 11.6 Å². The molecule has 0 aromatic heterocycles. The van der Waals surface area contributed by atoms with Crippen LogP contribution in [0.2, 0.25) is 0 Å². The van der Waals surface area contributed by atoms with Gasteiger partial charge in [-0.05, 0) is 35.4 Å². The van der Waals surface area contributed by atoms with Crippen LogP contribution in [-0.4, -0.2) is 32.2 Å². The van der Waals surface area contributed by atoms with E-state index in [4.69, 9.17) is 11.5 Å². The van der Waals surface area contributed by atoms with E-state index >= 15 is 0 Å². The van der Waals surface area contributed by atoms with Crippen LogP contribution >= 0.6 is 10.6 Å². The molecule has 0 saturated heterocycles. The van der Waals surface area contributed by atoms with E-state index in [9.17, 15) is 18.7 Å². The summed E-state index contributed by atoms with van der Waals surface area (Å²) < 4.78 is 20.1. The molecule has 0 aliphatic carbocycles. The van der Waals surface area contributed by atoms with Crippen LogP contribution in [0.4, 0.5) is 11.4 Å². The van der Waals surface area contributed by atoms with Crippen LogP contribution in [0.15, 0.2) is 48.5 Å². The monoisotopic (exact) mass is 362 g/mol. The number of nitrogens with two attached hydrogens (primary N) is 2. The number of rotatable bonds is 8. The summed E-state index contributed by atoms with van der Waals surface area (Å²) in [6.45, 7) is 0. The summed E-state index contributed by atoms with van der Waals surface area (Å²) in [7, 11) is -3.29. The van der Waals surface area contributed by atoms with E-state index in [1.54, 1.807) is 48.5 Å². The Labute approximate surface area is 148 Å². The number of hydrogen-bond donors (Lipinski definition) is 4. The molecule has 0 spiro atoms. The Bertz CT molecular complexity index is 679. The van der Waals surface area contributed by atoms with E-state index in [0.717, 1.165) is 11.1 Å². The Morgan fingerprint density at radius 2 is 1.04 bits per heavy atom. The molecule has 7 heteroatoms. The third-order valence-corrected chi connectivity index (χ3v) is 5.11. The lowest BCUT2D eigenvalue weighted by molar-refractivity contribution is -0.116. The molecule has 134 valence electrons. The van der Waals surface area contributed by atoms with E-state index in [1.807, 2.05) is 0 Å². The normalized spacial score (nSPS) is 11.9. The first kappa shape index (κ1) is 19.0. The molecule has 0 amide bonds. The predicted molar refractivity (Wildman–Crippen MR) is 102 cm³/mol. The quantitative estimate of drug-likeness (QED) is 0.535. The molecule has 0 saturated carbocycles. The highest BCUT2D eigenvalue weighted by molar-refractivity contribution is 8.25. The predicted octanol–water partition coefficient (Wildman–Crippen LogP) is 2.53. The molecule has 2 aromatic rings. The van der Waals surface area contributed by atoms with Gasteiger partial charge in [0.1, 0.15) is 0 Å². The lowest BCUT2D eigenvalue weighted by Gasteiger charge is -2.30. The van der Waals surface area contributed by atoms with Gasteiger partial charge in [-0.25, -0.2) is 0 Å². The summed E-state index contributed by atoms with van der Waals surface area (Å²) in [5.74, 6) is -1.51. The van der Waals surface area contributed by atoms with Gasteiger partial charge < -0.3 is 11.5 Å². The molecule has 2 aromatic carbocycles. The van der Waals surface area contributed by atoms with Gasteiger partial charge in [-0.15, -0.1) is 0 Å². The lowest BCUT2D eigenvalue weighted by atomic mass is 10.1. The molecule has 6 N–H and O–H groups in total. The van der Waals surface area contributed by atoms with Crippen LogP contribution in [0.1, 0.15) is 11.1 Å². The maximum Gasteiger partial charge on any atom is 0.156 e. The average Bonchev–Trinajstić information content (AvgIpc) is 2.50. The van der Waals surface area contributed by atoms with Gasteiger partial charge in [0.05, 0.1) is 11.5 Å². The minimum absolute atomic E-state index is 0.0717. The van der Waals surface area contributed by atoms with Crippen LogP contribution in [0.3, 0.4) is 0 Å². The standard InChI is InChI=1S/C18H22N2O4S/c19-15-5-1-13(2-6-15)9-17(21)11-25(23,24)12-18(22)10-14-3-7-16(20)8-4-14/h1-8,23-24H,9-12,19-20H2. The Morgan fingerprint density at radius 1 is 0.720 bits per heavy atom. The molecule has 25 heavy (non-hydrogen) atoms. The number of carbonyl (C=O) groups excluding carboxylic acids is 2. The third kappa shape index (κ3) is 6.58. The van der Waals surface area contributed by atoms with E-state index in [-0.39, 0.29) is 24.4 Å². The Kier molecular flexibility index (Phi) is 6.19. The summed E-state index contributed by atoms with van der Waals surface area (Å²) in [6.07, 6.45) is 0.143. The van der Waals surface area contributed by atoms with E-state index in [0.29, 0.717) is 11.4 Å². The summed E-state index contributed by atoms with van der Waals surface area (Å²) in [4.78, 5) is 24.1. The van der Waals surface area contributed by atoms with Crippen molar-refractivity contribution < 1.29 is 18.7 Å². The fraction of sp³-hybridized carbons (Fsp3) is 0.222. The molecule has 0 fully saturated rings. The first-order valence-corrected chi connectivity index (χ1v) is 9.58. The zero-order valence-electron chi connectivity index (χ0n) is 13.7. The molecule has 0 aliphatic heterocycles. The van der Waals surface area contributed by atoms with Crippen molar-refractivity contribution in [3.05, 3.63) is 59.7 Å². The minimum atomic E-state index is -3.29. The summed E-state index contributed by atoms with van der Waals surface area (Å²) in [5.41, 5.74) is 13.8. The van der Waals surface area contributed by atoms with Crippen molar-refractivity contribution in [1.82, 2.24) is 0 Å². The molecule has 2 rings (SSSR count). The molecule has 6 nitrogen and oxygen atoms in total. The second-order valence-electron chi connectivity index (χ2n) is 6.00. The highest BCUT2D eigenvalue weighted by Gasteiger charge is 2.21. The fourth-order valence-corrected chi connectivity index (χ4v) is 3.73. The Balaban J connectivity index is 1.87. The Morgan fingerprint density at radius 3 is 1.36 bits per heavy atom. The van der Waals surface area contributed by atoms with E-state index in [1.165, 1.54) is 0 Å². The van der Waals surface area contributed by atoms with Gasteiger partial charge in [-0.1, -0.05) is 24.3 Å². The first-order chi connectivity index (χ1) is 11.7. The zero-order valence-corrected chi connectivity index (χ0v) is 14.5. The topological polar surface area (TPSA) is 127 Å². The number of carbonyl (C=O) groups is 2. The van der Waals surface area contributed by atoms with Crippen molar-refractivity contribution in [1.29, 1.82) is 0 Å². The molecule has 0 radical (unpaired) electrons. The molecular weight excluding hydrogens is 340 g/mol. The molecule has 0 atom stereocenters.